The number of benzene rings is 2. The van der Waals surface area contributed by atoms with E-state index in [2.05, 4.69) is 90.7 Å². The lowest BCUT2D eigenvalue weighted by Crippen LogP contribution is -2.44. The Kier molecular flexibility index (Phi) is 4.37. The van der Waals surface area contributed by atoms with Crippen molar-refractivity contribution < 1.29 is 4.57 Å². The maximum Gasteiger partial charge on any atom is 0.231 e. The van der Waals surface area contributed by atoms with Crippen LogP contribution in [0.5, 0.6) is 0 Å². The first-order chi connectivity index (χ1) is 13.3. The fourth-order valence-electron chi connectivity index (χ4n) is 3.80. The minimum absolute atomic E-state index is 0.109. The van der Waals surface area contributed by atoms with Crippen LogP contribution in [0.2, 0.25) is 0 Å². The van der Waals surface area contributed by atoms with Crippen LogP contribution in [-0.4, -0.2) is 15.0 Å². The maximum absolute atomic E-state index is 4.63. The summed E-state index contributed by atoms with van der Waals surface area (Å²) in [6, 6.07) is 12.9. The lowest BCUT2D eigenvalue weighted by atomic mass is 9.83. The van der Waals surface area contributed by atoms with E-state index in [-0.39, 0.29) is 10.8 Å². The van der Waals surface area contributed by atoms with Gasteiger partial charge in [-0.15, -0.1) is 0 Å². The summed E-state index contributed by atoms with van der Waals surface area (Å²) in [6.07, 6.45) is 7.48. The Morgan fingerprint density at radius 1 is 0.821 bits per heavy atom. The normalized spacial score (nSPS) is 12.6. The van der Waals surface area contributed by atoms with Crippen molar-refractivity contribution in [2.75, 3.05) is 0 Å². The van der Waals surface area contributed by atoms with Gasteiger partial charge in [-0.3, -0.25) is 9.97 Å². The van der Waals surface area contributed by atoms with E-state index in [1.54, 1.807) is 12.4 Å². The van der Waals surface area contributed by atoms with Crippen molar-refractivity contribution in [3.8, 4) is 0 Å². The number of fused-ring (bicyclic) bond motifs is 2. The molecule has 2 aromatic heterocycles. The van der Waals surface area contributed by atoms with E-state index in [4.69, 9.17) is 0 Å². The molecule has 4 aromatic rings. The highest BCUT2D eigenvalue weighted by Crippen LogP contribution is 2.29. The van der Waals surface area contributed by atoms with E-state index in [0.29, 0.717) is 0 Å². The quantitative estimate of drug-likeness (QED) is 0.489. The van der Waals surface area contributed by atoms with Gasteiger partial charge in [0.05, 0.1) is 22.6 Å². The first-order valence-electron chi connectivity index (χ1n) is 9.75. The van der Waals surface area contributed by atoms with E-state index < -0.39 is 0 Å². The Morgan fingerprint density at radius 2 is 1.57 bits per heavy atom. The first-order valence-corrected chi connectivity index (χ1v) is 9.75. The molecule has 28 heavy (non-hydrogen) atoms. The van der Waals surface area contributed by atoms with Crippen LogP contribution in [-0.2, 0) is 17.4 Å². The van der Waals surface area contributed by atoms with Crippen molar-refractivity contribution in [1.29, 1.82) is 0 Å². The van der Waals surface area contributed by atoms with Crippen LogP contribution in [0.4, 0.5) is 0 Å². The molecule has 0 saturated heterocycles. The van der Waals surface area contributed by atoms with Crippen LogP contribution >= 0.6 is 0 Å². The summed E-state index contributed by atoms with van der Waals surface area (Å²) < 4.78 is 2.30. The van der Waals surface area contributed by atoms with E-state index >= 15 is 0 Å². The van der Waals surface area contributed by atoms with Crippen LogP contribution in [0, 0.1) is 0 Å². The van der Waals surface area contributed by atoms with Crippen molar-refractivity contribution in [1.82, 2.24) is 15.0 Å². The minimum atomic E-state index is -0.114. The first kappa shape index (κ1) is 18.5. The second-order valence-electron chi connectivity index (χ2n) is 9.12. The number of hydrogen-bond acceptors (Lipinski definition) is 3. The molecule has 0 atom stereocenters. The van der Waals surface area contributed by atoms with Crippen molar-refractivity contribution in [2.45, 2.75) is 52.0 Å². The molecular weight excluding hydrogens is 344 g/mol. The second-order valence-corrected chi connectivity index (χ2v) is 9.12. The topological polar surface area (TPSA) is 42.5 Å². The third-order valence-electron chi connectivity index (χ3n) is 5.40. The fraction of sp³-hybridized carbons (Fsp3) is 0.333. The zero-order valence-electron chi connectivity index (χ0n) is 17.3. The predicted octanol–water partition coefficient (Wildman–Crippen LogP) is 4.74. The number of aromatic nitrogens is 4. The third kappa shape index (κ3) is 3.35. The highest BCUT2D eigenvalue weighted by molar-refractivity contribution is 5.78. The third-order valence-corrected chi connectivity index (χ3v) is 5.40. The molecule has 0 bridgehead atoms. The van der Waals surface area contributed by atoms with Crippen molar-refractivity contribution in [3.05, 3.63) is 72.3 Å². The van der Waals surface area contributed by atoms with Gasteiger partial charge in [0.15, 0.2) is 12.7 Å². The van der Waals surface area contributed by atoms with Gasteiger partial charge < -0.3 is 0 Å². The monoisotopic (exact) mass is 371 g/mol. The zero-order valence-corrected chi connectivity index (χ0v) is 17.3. The lowest BCUT2D eigenvalue weighted by molar-refractivity contribution is -0.679. The van der Waals surface area contributed by atoms with E-state index in [9.17, 15) is 0 Å². The molecule has 4 heteroatoms. The standard InChI is InChI=1S/C24H27N4/c1-23(2,3)17-9-10-21-20(15-17)26-13-14-28(21)16-24(4,5)18-7-6-8-19-22(18)27-12-11-25-19/h6-15H,16H2,1-5H3/q+1. The molecule has 0 amide bonds. The summed E-state index contributed by atoms with van der Waals surface area (Å²) in [5.74, 6) is 0. The summed E-state index contributed by atoms with van der Waals surface area (Å²) in [5.41, 5.74) is 6.60. The molecule has 0 saturated carbocycles. The summed E-state index contributed by atoms with van der Waals surface area (Å²) in [6.45, 7) is 12.1. The van der Waals surface area contributed by atoms with Gasteiger partial charge in [0.25, 0.3) is 0 Å². The van der Waals surface area contributed by atoms with Gasteiger partial charge in [0.2, 0.25) is 5.52 Å². The maximum atomic E-state index is 4.63. The smallest absolute Gasteiger partial charge is 0.231 e. The Balaban J connectivity index is 1.78. The molecule has 0 N–H and O–H groups in total. The van der Waals surface area contributed by atoms with Gasteiger partial charge in [-0.2, -0.15) is 4.57 Å². The Labute approximate surface area is 166 Å². The molecule has 0 aliphatic carbocycles. The molecule has 142 valence electrons. The molecule has 4 rings (SSSR count). The average molecular weight is 372 g/mol. The van der Waals surface area contributed by atoms with Gasteiger partial charge >= 0.3 is 0 Å². The molecule has 0 aliphatic rings. The highest BCUT2D eigenvalue weighted by atomic mass is 15.0. The van der Waals surface area contributed by atoms with E-state index in [1.807, 2.05) is 12.3 Å². The highest BCUT2D eigenvalue weighted by Gasteiger charge is 2.29. The van der Waals surface area contributed by atoms with Gasteiger partial charge in [-0.25, -0.2) is 4.98 Å². The number of para-hydroxylation sites is 1. The average Bonchev–Trinajstić information content (AvgIpc) is 2.66. The molecule has 0 aliphatic heterocycles. The van der Waals surface area contributed by atoms with Gasteiger partial charge in [0, 0.05) is 18.5 Å². The summed E-state index contributed by atoms with van der Waals surface area (Å²) in [4.78, 5) is 13.7. The Hall–Kier alpha value is -2.88. The molecule has 0 fully saturated rings. The summed E-state index contributed by atoms with van der Waals surface area (Å²) in [7, 11) is 0. The molecule has 0 unspecified atom stereocenters. The van der Waals surface area contributed by atoms with E-state index in [1.165, 1.54) is 11.1 Å². The van der Waals surface area contributed by atoms with Crippen LogP contribution in [0.1, 0.15) is 45.7 Å². The molecule has 0 radical (unpaired) electrons. The summed E-state index contributed by atoms with van der Waals surface area (Å²) >= 11 is 0. The number of hydrogen-bond donors (Lipinski definition) is 0. The van der Waals surface area contributed by atoms with E-state index in [0.717, 1.165) is 28.6 Å². The minimum Gasteiger partial charge on any atom is -0.253 e. The van der Waals surface area contributed by atoms with Gasteiger partial charge in [-0.05, 0) is 42.5 Å². The lowest BCUT2D eigenvalue weighted by Gasteiger charge is -2.23. The Bertz CT molecular complexity index is 1150. The summed E-state index contributed by atoms with van der Waals surface area (Å²) in [5, 5.41) is 0. The molecule has 2 heterocycles. The molecule has 4 nitrogen and oxygen atoms in total. The zero-order chi connectivity index (χ0) is 19.9. The number of rotatable bonds is 3. The SMILES string of the molecule is CC(C)(C)c1ccc2c(c1)ncc[n+]2CC(C)(C)c1cccc2nccnc12. The predicted molar refractivity (Wildman–Crippen MR) is 113 cm³/mol. The van der Waals surface area contributed by atoms with Crippen LogP contribution in [0.3, 0.4) is 0 Å². The van der Waals surface area contributed by atoms with Crippen molar-refractivity contribution in [2.24, 2.45) is 0 Å². The largest absolute Gasteiger partial charge is 0.253 e. The Morgan fingerprint density at radius 3 is 2.36 bits per heavy atom. The molecular formula is C24H27N4+. The number of nitrogens with zero attached hydrogens (tertiary/aromatic N) is 4. The van der Waals surface area contributed by atoms with Crippen LogP contribution < -0.4 is 4.57 Å². The van der Waals surface area contributed by atoms with Crippen molar-refractivity contribution in [3.63, 3.8) is 0 Å². The van der Waals surface area contributed by atoms with Gasteiger partial charge in [-0.1, -0.05) is 39.0 Å². The second kappa shape index (κ2) is 6.62. The molecule has 2 aromatic carbocycles. The fourth-order valence-corrected chi connectivity index (χ4v) is 3.80. The van der Waals surface area contributed by atoms with Crippen LogP contribution in [0.25, 0.3) is 22.1 Å². The molecule has 0 spiro atoms. The van der Waals surface area contributed by atoms with Crippen molar-refractivity contribution >= 4 is 22.1 Å². The van der Waals surface area contributed by atoms with Crippen LogP contribution in [0.15, 0.2) is 61.2 Å². The van der Waals surface area contributed by atoms with Gasteiger partial charge in [0.1, 0.15) is 5.52 Å².